The number of hydrogen-bond donors (Lipinski definition) is 2. The van der Waals surface area contributed by atoms with Crippen LogP contribution in [0.1, 0.15) is 43.7 Å². The van der Waals surface area contributed by atoms with Crippen molar-refractivity contribution in [3.63, 3.8) is 0 Å². The Kier molecular flexibility index (Phi) is 2.94. The fourth-order valence-corrected chi connectivity index (χ4v) is 2.72. The van der Waals surface area contributed by atoms with Crippen molar-refractivity contribution in [2.45, 2.75) is 39.0 Å². The largest absolute Gasteiger partial charge is 0.508 e. The number of phenols is 1. The van der Waals surface area contributed by atoms with E-state index in [0.29, 0.717) is 11.7 Å². The first-order valence-electron chi connectivity index (χ1n) is 5.97. The van der Waals surface area contributed by atoms with Crippen molar-refractivity contribution in [2.24, 2.45) is 5.41 Å². The van der Waals surface area contributed by atoms with E-state index in [1.54, 1.807) is 6.07 Å². The van der Waals surface area contributed by atoms with Gasteiger partial charge in [-0.2, -0.15) is 0 Å². The highest BCUT2D eigenvalue weighted by Gasteiger charge is 2.33. The molecule has 0 aromatic heterocycles. The standard InChI is InChI=1S/C14H20O2/c1-14(2,9-15)13-5-3-4-10-8-11(16)6-7-12(10)13/h6-8,13,15-16H,3-5,9H2,1-2H3. The molecule has 2 nitrogen and oxygen atoms in total. The molecule has 0 aliphatic heterocycles. The van der Waals surface area contributed by atoms with E-state index in [9.17, 15) is 10.2 Å². The van der Waals surface area contributed by atoms with Gasteiger partial charge in [-0.1, -0.05) is 19.9 Å². The van der Waals surface area contributed by atoms with Gasteiger partial charge in [0.2, 0.25) is 0 Å². The van der Waals surface area contributed by atoms with Crippen LogP contribution >= 0.6 is 0 Å². The quantitative estimate of drug-likeness (QED) is 0.804. The minimum absolute atomic E-state index is 0.0772. The number of aromatic hydroxyl groups is 1. The van der Waals surface area contributed by atoms with E-state index < -0.39 is 0 Å². The Bertz CT molecular complexity index is 382. The fraction of sp³-hybridized carbons (Fsp3) is 0.571. The van der Waals surface area contributed by atoms with E-state index in [1.165, 1.54) is 11.1 Å². The first kappa shape index (κ1) is 11.5. The van der Waals surface area contributed by atoms with Crippen LogP contribution in [0.4, 0.5) is 0 Å². The normalized spacial score (nSPS) is 20.6. The molecule has 2 heteroatoms. The fourth-order valence-electron chi connectivity index (χ4n) is 2.72. The van der Waals surface area contributed by atoms with Crippen LogP contribution in [-0.4, -0.2) is 16.8 Å². The lowest BCUT2D eigenvalue weighted by Gasteiger charge is -2.37. The third-order valence-corrected chi connectivity index (χ3v) is 3.79. The lowest BCUT2D eigenvalue weighted by atomic mass is 9.69. The summed E-state index contributed by atoms with van der Waals surface area (Å²) in [5.41, 5.74) is 2.48. The van der Waals surface area contributed by atoms with Gasteiger partial charge in [-0.15, -0.1) is 0 Å². The molecule has 0 radical (unpaired) electrons. The molecule has 1 aliphatic rings. The van der Waals surface area contributed by atoms with Crippen molar-refractivity contribution in [3.05, 3.63) is 29.3 Å². The highest BCUT2D eigenvalue weighted by molar-refractivity contribution is 5.39. The number of aryl methyl sites for hydroxylation is 1. The second-order valence-electron chi connectivity index (χ2n) is 5.47. The Balaban J connectivity index is 2.40. The monoisotopic (exact) mass is 220 g/mol. The third kappa shape index (κ3) is 1.94. The Hall–Kier alpha value is -1.02. The summed E-state index contributed by atoms with van der Waals surface area (Å²) in [4.78, 5) is 0. The lowest BCUT2D eigenvalue weighted by Crippen LogP contribution is -2.29. The van der Waals surface area contributed by atoms with E-state index in [2.05, 4.69) is 13.8 Å². The van der Waals surface area contributed by atoms with Crippen LogP contribution in [0.15, 0.2) is 18.2 Å². The number of hydrogen-bond acceptors (Lipinski definition) is 2. The van der Waals surface area contributed by atoms with Crippen molar-refractivity contribution in [2.75, 3.05) is 6.61 Å². The molecule has 0 heterocycles. The number of fused-ring (bicyclic) bond motifs is 1. The molecular formula is C14H20O2. The first-order chi connectivity index (χ1) is 7.54. The molecule has 2 rings (SSSR count). The van der Waals surface area contributed by atoms with Gasteiger partial charge < -0.3 is 10.2 Å². The second-order valence-corrected chi connectivity index (χ2v) is 5.47. The van der Waals surface area contributed by atoms with Gasteiger partial charge in [-0.3, -0.25) is 0 Å². The van der Waals surface area contributed by atoms with Crippen LogP contribution in [0.5, 0.6) is 5.75 Å². The van der Waals surface area contributed by atoms with E-state index in [4.69, 9.17) is 0 Å². The molecule has 0 bridgehead atoms. The number of rotatable bonds is 2. The minimum Gasteiger partial charge on any atom is -0.508 e. The van der Waals surface area contributed by atoms with Crippen LogP contribution in [0, 0.1) is 5.41 Å². The van der Waals surface area contributed by atoms with Crippen molar-refractivity contribution in [1.82, 2.24) is 0 Å². The van der Waals surface area contributed by atoms with Gasteiger partial charge in [0.05, 0.1) is 0 Å². The molecule has 1 aliphatic carbocycles. The van der Waals surface area contributed by atoms with E-state index in [-0.39, 0.29) is 12.0 Å². The Morgan fingerprint density at radius 3 is 2.81 bits per heavy atom. The van der Waals surface area contributed by atoms with Crippen molar-refractivity contribution in [3.8, 4) is 5.75 Å². The topological polar surface area (TPSA) is 40.5 Å². The predicted molar refractivity (Wildman–Crippen MR) is 64.7 cm³/mol. The maximum Gasteiger partial charge on any atom is 0.115 e. The second kappa shape index (κ2) is 4.10. The zero-order valence-corrected chi connectivity index (χ0v) is 10.0. The molecule has 0 fully saturated rings. The summed E-state index contributed by atoms with van der Waals surface area (Å²) in [6, 6.07) is 5.64. The minimum atomic E-state index is -0.0772. The van der Waals surface area contributed by atoms with E-state index in [0.717, 1.165) is 19.3 Å². The van der Waals surface area contributed by atoms with Crippen LogP contribution in [0.25, 0.3) is 0 Å². The molecule has 0 saturated carbocycles. The summed E-state index contributed by atoms with van der Waals surface area (Å²) in [6.45, 7) is 4.43. The van der Waals surface area contributed by atoms with Gasteiger partial charge in [-0.05, 0) is 53.9 Å². The van der Waals surface area contributed by atoms with Crippen molar-refractivity contribution >= 4 is 0 Å². The summed E-state index contributed by atoms with van der Waals surface area (Å²) in [6.07, 6.45) is 3.32. The number of benzene rings is 1. The molecule has 0 amide bonds. The predicted octanol–water partition coefficient (Wildman–Crippen LogP) is 2.83. The zero-order chi connectivity index (χ0) is 11.8. The number of aliphatic hydroxyl groups is 1. The average molecular weight is 220 g/mol. The zero-order valence-electron chi connectivity index (χ0n) is 10.0. The molecule has 16 heavy (non-hydrogen) atoms. The van der Waals surface area contributed by atoms with Gasteiger partial charge in [0.15, 0.2) is 0 Å². The highest BCUT2D eigenvalue weighted by Crippen LogP contribution is 2.44. The van der Waals surface area contributed by atoms with Gasteiger partial charge in [-0.25, -0.2) is 0 Å². The third-order valence-electron chi connectivity index (χ3n) is 3.79. The van der Waals surface area contributed by atoms with Crippen LogP contribution in [0.2, 0.25) is 0 Å². The molecule has 88 valence electrons. The summed E-state index contributed by atoms with van der Waals surface area (Å²) in [5.74, 6) is 0.753. The van der Waals surface area contributed by atoms with Crippen LogP contribution in [0.3, 0.4) is 0 Å². The molecule has 0 spiro atoms. The maximum atomic E-state index is 9.49. The summed E-state index contributed by atoms with van der Waals surface area (Å²) in [7, 11) is 0. The Morgan fingerprint density at radius 2 is 2.12 bits per heavy atom. The molecule has 1 atom stereocenters. The molecule has 1 aromatic rings. The van der Waals surface area contributed by atoms with Crippen molar-refractivity contribution < 1.29 is 10.2 Å². The molecule has 0 saturated heterocycles. The van der Waals surface area contributed by atoms with Crippen LogP contribution < -0.4 is 0 Å². The molecule has 1 aromatic carbocycles. The molecule has 2 N–H and O–H groups in total. The average Bonchev–Trinajstić information content (AvgIpc) is 2.27. The SMILES string of the molecule is CC(C)(CO)C1CCCc2cc(O)ccc21. The first-order valence-corrected chi connectivity index (χ1v) is 5.97. The lowest BCUT2D eigenvalue weighted by molar-refractivity contribution is 0.122. The smallest absolute Gasteiger partial charge is 0.115 e. The summed E-state index contributed by atoms with van der Waals surface area (Å²) in [5, 5.41) is 19.0. The summed E-state index contributed by atoms with van der Waals surface area (Å²) >= 11 is 0. The summed E-state index contributed by atoms with van der Waals surface area (Å²) < 4.78 is 0. The molecule has 1 unspecified atom stereocenters. The maximum absolute atomic E-state index is 9.49. The molecular weight excluding hydrogens is 200 g/mol. The Morgan fingerprint density at radius 1 is 1.38 bits per heavy atom. The van der Waals surface area contributed by atoms with Gasteiger partial charge in [0.25, 0.3) is 0 Å². The van der Waals surface area contributed by atoms with Gasteiger partial charge in [0, 0.05) is 6.61 Å². The van der Waals surface area contributed by atoms with Gasteiger partial charge in [0.1, 0.15) is 5.75 Å². The van der Waals surface area contributed by atoms with Crippen molar-refractivity contribution in [1.29, 1.82) is 0 Å². The number of aliphatic hydroxyl groups excluding tert-OH is 1. The highest BCUT2D eigenvalue weighted by atomic mass is 16.3. The van der Waals surface area contributed by atoms with Gasteiger partial charge >= 0.3 is 0 Å². The Labute approximate surface area is 96.9 Å². The van der Waals surface area contributed by atoms with E-state index in [1.807, 2.05) is 12.1 Å². The van der Waals surface area contributed by atoms with Crippen LogP contribution in [-0.2, 0) is 6.42 Å². The number of phenolic OH excluding ortho intramolecular Hbond substituents is 1. The van der Waals surface area contributed by atoms with E-state index >= 15 is 0 Å².